The molecular formula is C27H27BrN2O6. The number of carbonyl (C=O) groups excluding carboxylic acids is 3. The van der Waals surface area contributed by atoms with Crippen LogP contribution < -0.4 is 20.3 Å². The normalized spacial score (nSPS) is 10.3. The third-order valence-corrected chi connectivity index (χ3v) is 5.38. The van der Waals surface area contributed by atoms with Crippen molar-refractivity contribution in [1.29, 1.82) is 0 Å². The lowest BCUT2D eigenvalue weighted by Crippen LogP contribution is -2.44. The SMILES string of the molecule is CCCOC(=O)c1ccc(OCC(=O)NNC(=O)c2cc(Br)ccc2OCCc2ccccc2)cc1. The predicted octanol–water partition coefficient (Wildman–Crippen LogP) is 4.48. The van der Waals surface area contributed by atoms with Gasteiger partial charge in [-0.3, -0.25) is 20.4 Å². The van der Waals surface area contributed by atoms with Crippen molar-refractivity contribution in [3.05, 3.63) is 94.0 Å². The average Bonchev–Trinajstić information content (AvgIpc) is 2.90. The highest BCUT2D eigenvalue weighted by atomic mass is 79.9. The Morgan fingerprint density at radius 3 is 2.33 bits per heavy atom. The zero-order valence-electron chi connectivity index (χ0n) is 19.8. The Morgan fingerprint density at radius 1 is 0.861 bits per heavy atom. The van der Waals surface area contributed by atoms with Gasteiger partial charge in [-0.05, 0) is 54.4 Å². The molecule has 36 heavy (non-hydrogen) atoms. The summed E-state index contributed by atoms with van der Waals surface area (Å²) in [5, 5.41) is 0. The fraction of sp³-hybridized carbons (Fsp3) is 0.222. The van der Waals surface area contributed by atoms with E-state index in [9.17, 15) is 14.4 Å². The van der Waals surface area contributed by atoms with Crippen molar-refractivity contribution in [2.45, 2.75) is 19.8 Å². The first-order valence-corrected chi connectivity index (χ1v) is 12.2. The second kappa shape index (κ2) is 13.9. The highest BCUT2D eigenvalue weighted by molar-refractivity contribution is 9.10. The molecule has 188 valence electrons. The Bertz CT molecular complexity index is 1170. The van der Waals surface area contributed by atoms with Crippen LogP contribution in [-0.2, 0) is 16.0 Å². The Morgan fingerprint density at radius 2 is 1.61 bits per heavy atom. The Hall–Kier alpha value is -3.85. The van der Waals surface area contributed by atoms with Crippen molar-refractivity contribution in [3.8, 4) is 11.5 Å². The molecule has 0 aromatic heterocycles. The number of ether oxygens (including phenoxy) is 3. The van der Waals surface area contributed by atoms with Crippen molar-refractivity contribution in [2.24, 2.45) is 0 Å². The van der Waals surface area contributed by atoms with E-state index in [1.165, 1.54) is 0 Å². The minimum absolute atomic E-state index is 0.268. The molecule has 3 rings (SSSR count). The van der Waals surface area contributed by atoms with E-state index in [4.69, 9.17) is 14.2 Å². The number of benzene rings is 3. The number of hydrogen-bond donors (Lipinski definition) is 2. The molecule has 0 fully saturated rings. The van der Waals surface area contributed by atoms with Gasteiger partial charge >= 0.3 is 5.97 Å². The van der Waals surface area contributed by atoms with Gasteiger partial charge in [0.15, 0.2) is 6.61 Å². The number of hydrazine groups is 1. The monoisotopic (exact) mass is 554 g/mol. The van der Waals surface area contributed by atoms with Crippen LogP contribution in [0.15, 0.2) is 77.3 Å². The van der Waals surface area contributed by atoms with E-state index in [0.29, 0.717) is 41.2 Å². The van der Waals surface area contributed by atoms with Gasteiger partial charge in [-0.2, -0.15) is 0 Å². The molecule has 8 nitrogen and oxygen atoms in total. The van der Waals surface area contributed by atoms with Crippen LogP contribution in [0.4, 0.5) is 0 Å². The predicted molar refractivity (Wildman–Crippen MR) is 138 cm³/mol. The number of esters is 1. The van der Waals surface area contributed by atoms with Gasteiger partial charge in [-0.15, -0.1) is 0 Å². The van der Waals surface area contributed by atoms with E-state index >= 15 is 0 Å². The molecular weight excluding hydrogens is 528 g/mol. The van der Waals surface area contributed by atoms with E-state index in [-0.39, 0.29) is 12.2 Å². The molecule has 0 heterocycles. The fourth-order valence-corrected chi connectivity index (χ4v) is 3.43. The van der Waals surface area contributed by atoms with Gasteiger partial charge in [0, 0.05) is 10.9 Å². The molecule has 0 unspecified atom stereocenters. The lowest BCUT2D eigenvalue weighted by molar-refractivity contribution is -0.123. The van der Waals surface area contributed by atoms with Gasteiger partial charge in [0.05, 0.1) is 24.3 Å². The van der Waals surface area contributed by atoms with E-state index in [1.54, 1.807) is 42.5 Å². The van der Waals surface area contributed by atoms with Gasteiger partial charge < -0.3 is 14.2 Å². The van der Waals surface area contributed by atoms with Crippen LogP contribution in [0.2, 0.25) is 0 Å². The lowest BCUT2D eigenvalue weighted by Gasteiger charge is -2.13. The number of hydrogen-bond acceptors (Lipinski definition) is 6. The molecule has 2 amide bonds. The standard InChI is InChI=1S/C27H27BrN2O6/c1-2-15-35-27(33)20-8-11-22(12-9-20)36-18-25(31)29-30-26(32)23-17-21(28)10-13-24(23)34-16-14-19-6-4-3-5-7-19/h3-13,17H,2,14-16,18H2,1H3,(H,29,31)(H,30,32). The maximum Gasteiger partial charge on any atom is 0.338 e. The number of rotatable bonds is 11. The minimum atomic E-state index is -0.559. The highest BCUT2D eigenvalue weighted by Crippen LogP contribution is 2.23. The van der Waals surface area contributed by atoms with Crippen molar-refractivity contribution in [3.63, 3.8) is 0 Å². The number of nitrogens with one attached hydrogen (secondary N) is 2. The maximum atomic E-state index is 12.7. The van der Waals surface area contributed by atoms with Gasteiger partial charge in [0.25, 0.3) is 11.8 Å². The Balaban J connectivity index is 1.47. The van der Waals surface area contributed by atoms with Crippen LogP contribution in [0.3, 0.4) is 0 Å². The molecule has 0 spiro atoms. The first kappa shape index (κ1) is 26.7. The third-order valence-electron chi connectivity index (χ3n) is 4.89. The van der Waals surface area contributed by atoms with Crippen LogP contribution in [-0.4, -0.2) is 37.6 Å². The smallest absolute Gasteiger partial charge is 0.338 e. The topological polar surface area (TPSA) is 103 Å². The fourth-order valence-electron chi connectivity index (χ4n) is 3.07. The summed E-state index contributed by atoms with van der Waals surface area (Å²) in [5.41, 5.74) is 6.48. The van der Waals surface area contributed by atoms with E-state index in [1.807, 2.05) is 37.3 Å². The van der Waals surface area contributed by atoms with Gasteiger partial charge in [-0.25, -0.2) is 4.79 Å². The average molecular weight is 555 g/mol. The summed E-state index contributed by atoms with van der Waals surface area (Å²) >= 11 is 3.35. The van der Waals surface area contributed by atoms with Crippen LogP contribution in [0.25, 0.3) is 0 Å². The van der Waals surface area contributed by atoms with Crippen molar-refractivity contribution >= 4 is 33.7 Å². The second-order valence-electron chi connectivity index (χ2n) is 7.68. The zero-order chi connectivity index (χ0) is 25.8. The lowest BCUT2D eigenvalue weighted by atomic mass is 10.1. The molecule has 3 aromatic rings. The van der Waals surface area contributed by atoms with Crippen LogP contribution in [0.5, 0.6) is 11.5 Å². The largest absolute Gasteiger partial charge is 0.492 e. The summed E-state index contributed by atoms with van der Waals surface area (Å²) in [6.45, 7) is 2.32. The first-order chi connectivity index (χ1) is 17.5. The second-order valence-corrected chi connectivity index (χ2v) is 8.59. The number of halogens is 1. The zero-order valence-corrected chi connectivity index (χ0v) is 21.4. The molecule has 3 aromatic carbocycles. The Labute approximate surface area is 218 Å². The molecule has 0 aliphatic rings. The summed E-state index contributed by atoms with van der Waals surface area (Å²) in [4.78, 5) is 36.7. The summed E-state index contributed by atoms with van der Waals surface area (Å²) in [5.74, 6) is -0.718. The first-order valence-electron chi connectivity index (χ1n) is 11.4. The van der Waals surface area contributed by atoms with Gasteiger partial charge in [-0.1, -0.05) is 53.2 Å². The van der Waals surface area contributed by atoms with Crippen LogP contribution in [0, 0.1) is 0 Å². The highest BCUT2D eigenvalue weighted by Gasteiger charge is 2.15. The molecule has 0 aliphatic carbocycles. The molecule has 0 saturated heterocycles. The molecule has 0 atom stereocenters. The van der Waals surface area contributed by atoms with E-state index in [2.05, 4.69) is 26.8 Å². The maximum absolute atomic E-state index is 12.7. The van der Waals surface area contributed by atoms with Crippen molar-refractivity contribution < 1.29 is 28.6 Å². The summed E-state index contributed by atoms with van der Waals surface area (Å²) in [6, 6.07) is 21.2. The van der Waals surface area contributed by atoms with E-state index < -0.39 is 17.8 Å². The summed E-state index contributed by atoms with van der Waals surface area (Å²) in [6.07, 6.45) is 1.43. The van der Waals surface area contributed by atoms with E-state index in [0.717, 1.165) is 12.0 Å². The number of amides is 2. The molecule has 0 saturated carbocycles. The summed E-state index contributed by atoms with van der Waals surface area (Å²) < 4.78 is 17.0. The number of carbonyl (C=O) groups is 3. The molecule has 9 heteroatoms. The third kappa shape index (κ3) is 8.42. The molecule has 2 N–H and O–H groups in total. The molecule has 0 radical (unpaired) electrons. The van der Waals surface area contributed by atoms with Gasteiger partial charge in [0.2, 0.25) is 0 Å². The van der Waals surface area contributed by atoms with Crippen molar-refractivity contribution in [1.82, 2.24) is 10.9 Å². The summed E-state index contributed by atoms with van der Waals surface area (Å²) in [7, 11) is 0. The molecule has 0 aliphatic heterocycles. The van der Waals surface area contributed by atoms with Crippen LogP contribution >= 0.6 is 15.9 Å². The molecule has 0 bridgehead atoms. The Kier molecular flexibility index (Phi) is 10.3. The van der Waals surface area contributed by atoms with Gasteiger partial charge in [0.1, 0.15) is 11.5 Å². The quantitative estimate of drug-likeness (QED) is 0.267. The van der Waals surface area contributed by atoms with Crippen molar-refractivity contribution in [2.75, 3.05) is 19.8 Å². The van der Waals surface area contributed by atoms with Crippen LogP contribution in [0.1, 0.15) is 39.6 Å². The minimum Gasteiger partial charge on any atom is -0.492 e.